The van der Waals surface area contributed by atoms with Crippen LogP contribution in [0.1, 0.15) is 39.0 Å². The number of amides is 1. The normalized spacial score (nSPS) is 25.5. The van der Waals surface area contributed by atoms with Crippen LogP contribution in [0.4, 0.5) is 5.69 Å². The summed E-state index contributed by atoms with van der Waals surface area (Å²) in [6.45, 7) is 1.57. The highest BCUT2D eigenvalue weighted by Crippen LogP contribution is 2.49. The number of anilines is 1. The van der Waals surface area contributed by atoms with Gasteiger partial charge in [-0.05, 0) is 62.1 Å². The molecule has 3 rings (SSSR count). The van der Waals surface area contributed by atoms with Crippen LogP contribution in [-0.2, 0) is 14.3 Å². The molecule has 25 heavy (non-hydrogen) atoms. The number of fused-ring (bicyclic) bond motifs is 2. The largest absolute Gasteiger partial charge is 0.495 e. The van der Waals surface area contributed by atoms with Gasteiger partial charge in [-0.25, -0.2) is 0 Å². The molecule has 1 amide bonds. The zero-order valence-corrected chi connectivity index (χ0v) is 15.3. The summed E-state index contributed by atoms with van der Waals surface area (Å²) in [5.41, 5.74) is 0.455. The van der Waals surface area contributed by atoms with E-state index < -0.39 is 12.0 Å². The number of rotatable bonds is 6. The summed E-state index contributed by atoms with van der Waals surface area (Å²) in [5, 5.41) is 3.19. The fourth-order valence-electron chi connectivity index (χ4n) is 4.15. The van der Waals surface area contributed by atoms with Crippen LogP contribution in [0.3, 0.4) is 0 Å². The fraction of sp³-hybridized carbons (Fsp3) is 0.579. The van der Waals surface area contributed by atoms with Crippen LogP contribution in [-0.4, -0.2) is 25.1 Å². The molecule has 2 saturated carbocycles. The highest BCUT2D eigenvalue weighted by atomic mass is 35.5. The van der Waals surface area contributed by atoms with E-state index in [0.717, 1.165) is 12.3 Å². The van der Waals surface area contributed by atoms with E-state index in [1.807, 2.05) is 0 Å². The van der Waals surface area contributed by atoms with Crippen molar-refractivity contribution in [1.82, 2.24) is 0 Å². The Hall–Kier alpha value is -1.75. The van der Waals surface area contributed by atoms with Crippen LogP contribution in [0.2, 0.25) is 5.02 Å². The molecule has 0 aliphatic heterocycles. The van der Waals surface area contributed by atoms with Crippen LogP contribution in [0.5, 0.6) is 5.75 Å². The van der Waals surface area contributed by atoms with Gasteiger partial charge in [0.05, 0.1) is 12.8 Å². The maximum Gasteiger partial charge on any atom is 0.306 e. The van der Waals surface area contributed by atoms with Gasteiger partial charge in [0, 0.05) is 11.4 Å². The fourth-order valence-corrected chi connectivity index (χ4v) is 4.32. The number of nitrogens with one attached hydrogen (secondary N) is 1. The van der Waals surface area contributed by atoms with Crippen molar-refractivity contribution in [3.05, 3.63) is 23.2 Å². The summed E-state index contributed by atoms with van der Waals surface area (Å²) in [5.74, 6) is 1.68. The average molecular weight is 366 g/mol. The predicted molar refractivity (Wildman–Crippen MR) is 95.7 cm³/mol. The Morgan fingerprint density at radius 2 is 2.12 bits per heavy atom. The van der Waals surface area contributed by atoms with Crippen LogP contribution >= 0.6 is 11.6 Å². The Labute approximate surface area is 153 Å². The van der Waals surface area contributed by atoms with E-state index in [2.05, 4.69) is 5.32 Å². The first kappa shape index (κ1) is 18.1. The lowest BCUT2D eigenvalue weighted by atomic mass is 9.86. The van der Waals surface area contributed by atoms with Gasteiger partial charge in [-0.3, -0.25) is 9.59 Å². The quantitative estimate of drug-likeness (QED) is 0.772. The van der Waals surface area contributed by atoms with E-state index in [4.69, 9.17) is 21.1 Å². The van der Waals surface area contributed by atoms with Gasteiger partial charge in [0.1, 0.15) is 5.75 Å². The third-order valence-electron chi connectivity index (χ3n) is 5.41. The first-order chi connectivity index (χ1) is 12.0. The monoisotopic (exact) mass is 365 g/mol. The Bertz CT molecular complexity index is 663. The Morgan fingerprint density at radius 1 is 1.32 bits per heavy atom. The first-order valence-electron chi connectivity index (χ1n) is 8.80. The van der Waals surface area contributed by atoms with Crippen molar-refractivity contribution < 1.29 is 19.1 Å². The second-order valence-corrected chi connectivity index (χ2v) is 7.54. The Balaban J connectivity index is 1.52. The second kappa shape index (κ2) is 7.65. The number of carbonyl (C=O) groups is 2. The van der Waals surface area contributed by atoms with E-state index in [-0.39, 0.29) is 5.97 Å². The molecule has 0 saturated heterocycles. The maximum absolute atomic E-state index is 12.3. The zero-order chi connectivity index (χ0) is 18.0. The molecule has 1 aromatic rings. The smallest absolute Gasteiger partial charge is 0.306 e. The summed E-state index contributed by atoms with van der Waals surface area (Å²) >= 11 is 5.95. The molecule has 4 atom stereocenters. The molecule has 2 fully saturated rings. The lowest BCUT2D eigenvalue weighted by Gasteiger charge is -2.21. The zero-order valence-electron chi connectivity index (χ0n) is 14.6. The number of benzene rings is 1. The SMILES string of the molecule is COc1ccc(Cl)cc1NC(=O)C(C)OC(=O)CC1CC2CCC1C2. The molecule has 0 heterocycles. The highest BCUT2D eigenvalue weighted by Gasteiger charge is 2.40. The summed E-state index contributed by atoms with van der Waals surface area (Å²) in [6, 6.07) is 4.95. The van der Waals surface area contributed by atoms with E-state index in [9.17, 15) is 9.59 Å². The lowest BCUT2D eigenvalue weighted by Crippen LogP contribution is -2.31. The number of ether oxygens (including phenoxy) is 2. The first-order valence-corrected chi connectivity index (χ1v) is 9.18. The van der Waals surface area contributed by atoms with Crippen molar-refractivity contribution in [3.8, 4) is 5.75 Å². The minimum absolute atomic E-state index is 0.293. The second-order valence-electron chi connectivity index (χ2n) is 7.11. The minimum Gasteiger partial charge on any atom is -0.495 e. The van der Waals surface area contributed by atoms with E-state index >= 15 is 0 Å². The van der Waals surface area contributed by atoms with Gasteiger partial charge < -0.3 is 14.8 Å². The topological polar surface area (TPSA) is 64.6 Å². The Kier molecular flexibility index (Phi) is 5.52. The van der Waals surface area contributed by atoms with Gasteiger partial charge in [0.25, 0.3) is 5.91 Å². The van der Waals surface area contributed by atoms with Gasteiger partial charge in [0.2, 0.25) is 0 Å². The van der Waals surface area contributed by atoms with Crippen LogP contribution in [0, 0.1) is 17.8 Å². The van der Waals surface area contributed by atoms with E-state index in [1.165, 1.54) is 26.4 Å². The summed E-state index contributed by atoms with van der Waals surface area (Å²) in [4.78, 5) is 24.5. The van der Waals surface area contributed by atoms with Crippen LogP contribution in [0.15, 0.2) is 18.2 Å². The summed E-state index contributed by atoms with van der Waals surface area (Å²) in [7, 11) is 1.51. The standard InChI is InChI=1S/C19H24ClNO4/c1-11(19(23)21-16-10-15(20)5-6-17(16)24-2)25-18(22)9-14-8-12-3-4-13(14)7-12/h5-6,10-14H,3-4,7-9H2,1-2H3,(H,21,23). The molecule has 2 aliphatic rings. The van der Waals surface area contributed by atoms with Crippen LogP contribution in [0.25, 0.3) is 0 Å². The van der Waals surface area contributed by atoms with Gasteiger partial charge in [-0.2, -0.15) is 0 Å². The molecule has 2 aliphatic carbocycles. The molecular formula is C19H24ClNO4. The van der Waals surface area contributed by atoms with Gasteiger partial charge in [0.15, 0.2) is 6.10 Å². The van der Waals surface area contributed by atoms with E-state index in [0.29, 0.717) is 34.7 Å². The van der Waals surface area contributed by atoms with Crippen molar-refractivity contribution in [1.29, 1.82) is 0 Å². The molecule has 2 bridgehead atoms. The third kappa shape index (κ3) is 4.27. The molecule has 5 nitrogen and oxygen atoms in total. The highest BCUT2D eigenvalue weighted by molar-refractivity contribution is 6.31. The molecule has 1 N–H and O–H groups in total. The number of carbonyl (C=O) groups excluding carboxylic acids is 2. The van der Waals surface area contributed by atoms with Gasteiger partial charge >= 0.3 is 5.97 Å². The molecule has 4 unspecified atom stereocenters. The number of esters is 1. The van der Waals surface area contributed by atoms with Crippen molar-refractivity contribution in [2.75, 3.05) is 12.4 Å². The van der Waals surface area contributed by atoms with Gasteiger partial charge in [-0.15, -0.1) is 0 Å². The van der Waals surface area contributed by atoms with Gasteiger partial charge in [-0.1, -0.05) is 18.0 Å². The maximum atomic E-state index is 12.3. The van der Waals surface area contributed by atoms with Crippen molar-refractivity contribution in [3.63, 3.8) is 0 Å². The summed E-state index contributed by atoms with van der Waals surface area (Å²) < 4.78 is 10.5. The minimum atomic E-state index is -0.866. The molecule has 136 valence electrons. The van der Waals surface area contributed by atoms with Crippen molar-refractivity contribution >= 4 is 29.2 Å². The summed E-state index contributed by atoms with van der Waals surface area (Å²) in [6.07, 6.45) is 4.46. The molecule has 1 aromatic carbocycles. The van der Waals surface area contributed by atoms with Crippen molar-refractivity contribution in [2.45, 2.75) is 45.1 Å². The molecule has 0 radical (unpaired) electrons. The number of halogens is 1. The number of methoxy groups -OCH3 is 1. The molecule has 6 heteroatoms. The molecule has 0 aromatic heterocycles. The number of hydrogen-bond acceptors (Lipinski definition) is 4. The average Bonchev–Trinajstić information content (AvgIpc) is 3.17. The predicted octanol–water partition coefficient (Wildman–Crippen LogP) is 4.05. The Morgan fingerprint density at radius 3 is 2.76 bits per heavy atom. The van der Waals surface area contributed by atoms with Crippen molar-refractivity contribution in [2.24, 2.45) is 17.8 Å². The van der Waals surface area contributed by atoms with E-state index in [1.54, 1.807) is 25.1 Å². The third-order valence-corrected chi connectivity index (χ3v) is 5.65. The number of hydrogen-bond donors (Lipinski definition) is 1. The van der Waals surface area contributed by atoms with Crippen LogP contribution < -0.4 is 10.1 Å². The lowest BCUT2D eigenvalue weighted by molar-refractivity contribution is -0.154. The molecule has 0 spiro atoms. The molecular weight excluding hydrogens is 342 g/mol.